The highest BCUT2D eigenvalue weighted by atomic mass is 35.5. The Labute approximate surface area is 115 Å². The van der Waals surface area contributed by atoms with Crippen LogP contribution in [0, 0.1) is 5.92 Å². The summed E-state index contributed by atoms with van der Waals surface area (Å²) in [6, 6.07) is 0. The molecule has 0 spiro atoms. The predicted octanol–water partition coefficient (Wildman–Crippen LogP) is -0.489. The fraction of sp³-hybridized carbons (Fsp3) is 0.917. The number of nitrogens with one attached hydrogen (secondary N) is 1. The molecule has 0 bridgehead atoms. The van der Waals surface area contributed by atoms with Crippen LogP contribution in [-0.2, 0) is 4.79 Å². The van der Waals surface area contributed by atoms with Crippen LogP contribution in [0.1, 0.15) is 12.8 Å². The first-order valence-electron chi connectivity index (χ1n) is 6.73. The van der Waals surface area contributed by atoms with Crippen LogP contribution in [0.15, 0.2) is 0 Å². The number of nitrogens with zero attached hydrogens (tertiary/aromatic N) is 2. The minimum absolute atomic E-state index is 0. The second kappa shape index (κ2) is 7.94. The topological polar surface area (TPSA) is 61.6 Å². The number of hydrogen-bond donors (Lipinski definition) is 2. The van der Waals surface area contributed by atoms with E-state index in [0.717, 1.165) is 58.7 Å². The molecule has 0 saturated carbocycles. The van der Waals surface area contributed by atoms with Gasteiger partial charge in [-0.15, -0.1) is 12.4 Å². The average molecular weight is 277 g/mol. The number of piperazine rings is 1. The van der Waals surface area contributed by atoms with Crippen molar-refractivity contribution in [2.45, 2.75) is 12.8 Å². The van der Waals surface area contributed by atoms with E-state index in [2.05, 4.69) is 10.2 Å². The zero-order chi connectivity index (χ0) is 12.1. The van der Waals surface area contributed by atoms with Gasteiger partial charge in [0.2, 0.25) is 5.91 Å². The molecule has 2 rings (SSSR count). The minimum atomic E-state index is 0. The fourth-order valence-corrected chi connectivity index (χ4v) is 2.79. The molecule has 5 nitrogen and oxygen atoms in total. The van der Waals surface area contributed by atoms with Crippen molar-refractivity contribution in [3.8, 4) is 0 Å². The number of carbonyl (C=O) groups excluding carboxylic acids is 1. The standard InChI is InChI=1S/C12H24N4O.ClH/c13-3-7-15-6-1-2-11(10-15)12(17)16-8-4-14-5-9-16;/h11,14H,1-10,13H2;1H. The number of piperidine rings is 1. The van der Waals surface area contributed by atoms with Crippen LogP contribution >= 0.6 is 12.4 Å². The molecule has 0 radical (unpaired) electrons. The zero-order valence-electron chi connectivity index (χ0n) is 10.9. The highest BCUT2D eigenvalue weighted by Gasteiger charge is 2.29. The number of hydrogen-bond acceptors (Lipinski definition) is 4. The molecule has 0 aromatic rings. The number of nitrogens with two attached hydrogens (primary N) is 1. The lowest BCUT2D eigenvalue weighted by Crippen LogP contribution is -2.51. The lowest BCUT2D eigenvalue weighted by atomic mass is 9.96. The van der Waals surface area contributed by atoms with E-state index < -0.39 is 0 Å². The molecule has 1 unspecified atom stereocenters. The van der Waals surface area contributed by atoms with Crippen molar-refractivity contribution in [2.24, 2.45) is 11.7 Å². The van der Waals surface area contributed by atoms with Crippen molar-refractivity contribution in [1.82, 2.24) is 15.1 Å². The summed E-state index contributed by atoms with van der Waals surface area (Å²) in [6.45, 7) is 7.22. The molecule has 2 fully saturated rings. The van der Waals surface area contributed by atoms with Gasteiger partial charge in [-0.2, -0.15) is 0 Å². The smallest absolute Gasteiger partial charge is 0.227 e. The Hall–Kier alpha value is -0.360. The van der Waals surface area contributed by atoms with Crippen LogP contribution in [-0.4, -0.2) is 68.1 Å². The van der Waals surface area contributed by atoms with Gasteiger partial charge in [-0.05, 0) is 19.4 Å². The molecular formula is C12H25ClN4O. The van der Waals surface area contributed by atoms with Crippen LogP contribution in [0.2, 0.25) is 0 Å². The molecule has 2 saturated heterocycles. The number of halogens is 1. The summed E-state index contributed by atoms with van der Waals surface area (Å²) in [5, 5.41) is 3.28. The number of carbonyl (C=O) groups is 1. The number of amides is 1. The Balaban J connectivity index is 0.00000162. The maximum atomic E-state index is 12.3. The fourth-order valence-electron chi connectivity index (χ4n) is 2.79. The molecule has 18 heavy (non-hydrogen) atoms. The van der Waals surface area contributed by atoms with E-state index in [-0.39, 0.29) is 18.3 Å². The van der Waals surface area contributed by atoms with Crippen molar-refractivity contribution < 1.29 is 4.79 Å². The van der Waals surface area contributed by atoms with Gasteiger partial charge in [0.25, 0.3) is 0 Å². The van der Waals surface area contributed by atoms with Gasteiger partial charge in [0.05, 0.1) is 5.92 Å². The van der Waals surface area contributed by atoms with Gasteiger partial charge in [0.1, 0.15) is 0 Å². The Bertz CT molecular complexity index is 256. The van der Waals surface area contributed by atoms with Crippen LogP contribution in [0.4, 0.5) is 0 Å². The summed E-state index contributed by atoms with van der Waals surface area (Å²) in [5.74, 6) is 0.557. The van der Waals surface area contributed by atoms with Gasteiger partial charge < -0.3 is 20.9 Å². The van der Waals surface area contributed by atoms with E-state index >= 15 is 0 Å². The lowest BCUT2D eigenvalue weighted by molar-refractivity contribution is -0.137. The largest absolute Gasteiger partial charge is 0.340 e. The molecular weight excluding hydrogens is 252 g/mol. The third-order valence-electron chi connectivity index (χ3n) is 3.73. The van der Waals surface area contributed by atoms with Crippen LogP contribution in [0.3, 0.4) is 0 Å². The molecule has 0 aliphatic carbocycles. The molecule has 2 heterocycles. The third kappa shape index (κ3) is 4.09. The molecule has 0 aromatic carbocycles. The number of rotatable bonds is 3. The van der Waals surface area contributed by atoms with Crippen molar-refractivity contribution in [1.29, 1.82) is 0 Å². The highest BCUT2D eigenvalue weighted by Crippen LogP contribution is 2.18. The molecule has 1 amide bonds. The molecule has 1 atom stereocenters. The van der Waals surface area contributed by atoms with E-state index in [1.54, 1.807) is 0 Å². The Morgan fingerprint density at radius 1 is 1.28 bits per heavy atom. The summed E-state index contributed by atoms with van der Waals surface area (Å²) in [4.78, 5) is 16.7. The normalized spacial score (nSPS) is 25.6. The van der Waals surface area contributed by atoms with E-state index in [1.165, 1.54) is 0 Å². The SMILES string of the molecule is Cl.NCCN1CCCC(C(=O)N2CCNCC2)C1. The molecule has 106 valence electrons. The Kier molecular flexibility index (Phi) is 6.92. The summed E-state index contributed by atoms with van der Waals surface area (Å²) in [7, 11) is 0. The van der Waals surface area contributed by atoms with Gasteiger partial charge >= 0.3 is 0 Å². The summed E-state index contributed by atoms with van der Waals surface area (Å²) < 4.78 is 0. The van der Waals surface area contributed by atoms with Gasteiger partial charge in [-0.25, -0.2) is 0 Å². The van der Waals surface area contributed by atoms with E-state index in [9.17, 15) is 4.79 Å². The Morgan fingerprint density at radius 3 is 2.67 bits per heavy atom. The molecule has 3 N–H and O–H groups in total. The zero-order valence-corrected chi connectivity index (χ0v) is 11.8. The maximum Gasteiger partial charge on any atom is 0.227 e. The number of likely N-dealkylation sites (tertiary alicyclic amines) is 1. The second-order valence-electron chi connectivity index (χ2n) is 5.00. The minimum Gasteiger partial charge on any atom is -0.340 e. The predicted molar refractivity (Wildman–Crippen MR) is 74.9 cm³/mol. The molecule has 6 heteroatoms. The second-order valence-corrected chi connectivity index (χ2v) is 5.00. The highest BCUT2D eigenvalue weighted by molar-refractivity contribution is 5.85. The van der Waals surface area contributed by atoms with Gasteiger partial charge in [0, 0.05) is 45.8 Å². The van der Waals surface area contributed by atoms with Gasteiger partial charge in [0.15, 0.2) is 0 Å². The average Bonchev–Trinajstić information content (AvgIpc) is 2.40. The van der Waals surface area contributed by atoms with E-state index in [4.69, 9.17) is 5.73 Å². The monoisotopic (exact) mass is 276 g/mol. The van der Waals surface area contributed by atoms with Gasteiger partial charge in [-0.3, -0.25) is 4.79 Å². The van der Waals surface area contributed by atoms with Crippen molar-refractivity contribution >= 4 is 18.3 Å². The molecule has 0 aromatic heterocycles. The summed E-state index contributed by atoms with van der Waals surface area (Å²) in [5.41, 5.74) is 5.58. The van der Waals surface area contributed by atoms with Crippen molar-refractivity contribution in [3.05, 3.63) is 0 Å². The molecule has 2 aliphatic rings. The van der Waals surface area contributed by atoms with Crippen LogP contribution < -0.4 is 11.1 Å². The molecule has 2 aliphatic heterocycles. The first-order valence-corrected chi connectivity index (χ1v) is 6.73. The van der Waals surface area contributed by atoms with Gasteiger partial charge in [-0.1, -0.05) is 0 Å². The first kappa shape index (κ1) is 15.7. The lowest BCUT2D eigenvalue weighted by Gasteiger charge is -2.36. The quantitative estimate of drug-likeness (QED) is 0.730. The van der Waals surface area contributed by atoms with E-state index in [0.29, 0.717) is 12.5 Å². The van der Waals surface area contributed by atoms with Crippen LogP contribution in [0.5, 0.6) is 0 Å². The summed E-state index contributed by atoms with van der Waals surface area (Å²) in [6.07, 6.45) is 2.17. The summed E-state index contributed by atoms with van der Waals surface area (Å²) >= 11 is 0. The maximum absolute atomic E-state index is 12.3. The van der Waals surface area contributed by atoms with Crippen molar-refractivity contribution in [3.63, 3.8) is 0 Å². The third-order valence-corrected chi connectivity index (χ3v) is 3.73. The first-order chi connectivity index (χ1) is 8.31. The Morgan fingerprint density at radius 2 is 2.00 bits per heavy atom. The van der Waals surface area contributed by atoms with Crippen LogP contribution in [0.25, 0.3) is 0 Å². The van der Waals surface area contributed by atoms with Crippen molar-refractivity contribution in [2.75, 3.05) is 52.4 Å². The van der Waals surface area contributed by atoms with E-state index in [1.807, 2.05) is 4.90 Å².